The monoisotopic (exact) mass is 436 g/mol. The number of amides is 2. The van der Waals surface area contributed by atoms with Crippen LogP contribution in [0.15, 0.2) is 72.1 Å². The van der Waals surface area contributed by atoms with Crippen LogP contribution < -0.4 is 5.32 Å². The van der Waals surface area contributed by atoms with Gasteiger partial charge >= 0.3 is 0 Å². The van der Waals surface area contributed by atoms with Crippen molar-refractivity contribution in [3.8, 4) is 0 Å². The van der Waals surface area contributed by atoms with E-state index in [9.17, 15) is 14.0 Å². The maximum Gasteiger partial charge on any atom is 0.228 e. The highest BCUT2D eigenvalue weighted by Gasteiger charge is 2.35. The van der Waals surface area contributed by atoms with Gasteiger partial charge in [0.05, 0.1) is 18.4 Å². The quantitative estimate of drug-likeness (QED) is 0.608. The van der Waals surface area contributed by atoms with E-state index >= 15 is 0 Å². The summed E-state index contributed by atoms with van der Waals surface area (Å²) in [5.41, 5.74) is 1.55. The number of likely N-dealkylation sites (tertiary alicyclic amines) is 1. The van der Waals surface area contributed by atoms with Gasteiger partial charge in [-0.1, -0.05) is 54.6 Å². The first-order chi connectivity index (χ1) is 15.1. The molecular weight excluding hydrogens is 411 g/mol. The molecule has 0 bridgehead atoms. The zero-order chi connectivity index (χ0) is 21.6. The fraction of sp³-hybridized carbons (Fsp3) is 0.280. The molecule has 1 saturated heterocycles. The number of hydrogen-bond acceptors (Lipinski definition) is 3. The number of carbonyl (C=O) groups is 2. The molecule has 1 aliphatic heterocycles. The normalized spacial score (nSPS) is 18.5. The Balaban J connectivity index is 1.47. The molecule has 2 amide bonds. The van der Waals surface area contributed by atoms with Crippen molar-refractivity contribution < 1.29 is 14.0 Å². The summed E-state index contributed by atoms with van der Waals surface area (Å²) in [5.74, 6) is -0.742. The van der Waals surface area contributed by atoms with Gasteiger partial charge in [0.15, 0.2) is 0 Å². The van der Waals surface area contributed by atoms with Gasteiger partial charge in [-0.25, -0.2) is 4.39 Å². The third-order valence-corrected chi connectivity index (χ3v) is 6.65. The molecule has 2 unspecified atom stereocenters. The Kier molecular flexibility index (Phi) is 6.77. The van der Waals surface area contributed by atoms with Crippen LogP contribution in [0.4, 0.5) is 4.39 Å². The van der Waals surface area contributed by atoms with E-state index in [-0.39, 0.29) is 36.1 Å². The Morgan fingerprint density at radius 1 is 1.00 bits per heavy atom. The van der Waals surface area contributed by atoms with E-state index in [0.717, 1.165) is 16.9 Å². The Hall–Kier alpha value is -2.99. The zero-order valence-corrected chi connectivity index (χ0v) is 18.0. The minimum absolute atomic E-state index is 0.0305. The molecule has 1 fully saturated rings. The maximum atomic E-state index is 13.9. The van der Waals surface area contributed by atoms with E-state index in [0.29, 0.717) is 24.9 Å². The van der Waals surface area contributed by atoms with E-state index in [1.807, 2.05) is 52.7 Å². The molecule has 2 atom stereocenters. The summed E-state index contributed by atoms with van der Waals surface area (Å²) >= 11 is 1.56. The van der Waals surface area contributed by atoms with Crippen LogP contribution in [-0.4, -0.2) is 23.3 Å². The largest absolute Gasteiger partial charge is 0.352 e. The second-order valence-corrected chi connectivity index (χ2v) is 8.84. The minimum Gasteiger partial charge on any atom is -0.352 e. The fourth-order valence-electron chi connectivity index (χ4n) is 4.11. The summed E-state index contributed by atoms with van der Waals surface area (Å²) in [6.07, 6.45) is 1.74. The van der Waals surface area contributed by atoms with E-state index in [4.69, 9.17) is 0 Å². The lowest BCUT2D eigenvalue weighted by atomic mass is 9.88. The first-order valence-corrected chi connectivity index (χ1v) is 11.4. The molecular formula is C25H25FN2O2S. The van der Waals surface area contributed by atoms with Crippen LogP contribution in [0.2, 0.25) is 0 Å². The first kappa shape index (κ1) is 21.2. The summed E-state index contributed by atoms with van der Waals surface area (Å²) in [6, 6.07) is 20.3. The van der Waals surface area contributed by atoms with Crippen LogP contribution in [0.5, 0.6) is 0 Å². The highest BCUT2D eigenvalue weighted by Crippen LogP contribution is 2.34. The molecule has 4 rings (SSSR count). The van der Waals surface area contributed by atoms with Crippen molar-refractivity contribution in [2.45, 2.75) is 31.8 Å². The Morgan fingerprint density at radius 3 is 2.52 bits per heavy atom. The number of rotatable bonds is 6. The van der Waals surface area contributed by atoms with Gasteiger partial charge in [-0.15, -0.1) is 11.3 Å². The summed E-state index contributed by atoms with van der Waals surface area (Å²) in [4.78, 5) is 28.9. The van der Waals surface area contributed by atoms with Gasteiger partial charge in [0.1, 0.15) is 5.82 Å². The molecule has 3 aromatic rings. The summed E-state index contributed by atoms with van der Waals surface area (Å²) in [7, 11) is 0. The number of thiophene rings is 1. The number of hydrogen-bond donors (Lipinski definition) is 1. The standard InChI is InChI=1S/C25H25FN2O2S/c26-22-11-5-4-9-19(22)16-27-25(30)20-12-13-23(18-7-2-1-3-8-18)28(17-20)24(29)15-21-10-6-14-31-21/h1-11,14,20,23H,12-13,15-17H2,(H,27,30). The topological polar surface area (TPSA) is 49.4 Å². The van der Waals surface area contributed by atoms with E-state index in [2.05, 4.69) is 5.32 Å². The van der Waals surface area contributed by atoms with Crippen molar-refractivity contribution >= 4 is 23.2 Å². The van der Waals surface area contributed by atoms with Crippen molar-refractivity contribution in [3.05, 3.63) is 93.9 Å². The van der Waals surface area contributed by atoms with Crippen molar-refractivity contribution in [1.29, 1.82) is 0 Å². The average Bonchev–Trinajstić information content (AvgIpc) is 3.31. The van der Waals surface area contributed by atoms with E-state index in [1.165, 1.54) is 6.07 Å². The smallest absolute Gasteiger partial charge is 0.228 e. The van der Waals surface area contributed by atoms with Gasteiger partial charge in [0.25, 0.3) is 0 Å². The number of halogens is 1. The molecule has 0 saturated carbocycles. The van der Waals surface area contributed by atoms with Gasteiger partial charge in [0, 0.05) is 23.5 Å². The maximum absolute atomic E-state index is 13.9. The number of benzene rings is 2. The van der Waals surface area contributed by atoms with Crippen LogP contribution in [0.1, 0.15) is 34.9 Å². The minimum atomic E-state index is -0.330. The predicted molar refractivity (Wildman–Crippen MR) is 120 cm³/mol. The molecule has 160 valence electrons. The fourth-order valence-corrected chi connectivity index (χ4v) is 4.81. The van der Waals surface area contributed by atoms with Gasteiger partial charge < -0.3 is 10.2 Å². The zero-order valence-electron chi connectivity index (χ0n) is 17.2. The van der Waals surface area contributed by atoms with Gasteiger partial charge in [-0.2, -0.15) is 0 Å². The second kappa shape index (κ2) is 9.88. The molecule has 1 aromatic heterocycles. The second-order valence-electron chi connectivity index (χ2n) is 7.81. The molecule has 1 aliphatic rings. The van der Waals surface area contributed by atoms with Crippen molar-refractivity contribution in [2.24, 2.45) is 5.92 Å². The third kappa shape index (κ3) is 5.20. The number of nitrogens with zero attached hydrogens (tertiary/aromatic N) is 1. The average molecular weight is 437 g/mol. The predicted octanol–water partition coefficient (Wildman–Crippen LogP) is 4.73. The highest BCUT2D eigenvalue weighted by atomic mass is 32.1. The van der Waals surface area contributed by atoms with Crippen LogP contribution in [0.3, 0.4) is 0 Å². The highest BCUT2D eigenvalue weighted by molar-refractivity contribution is 7.10. The van der Waals surface area contributed by atoms with Crippen LogP contribution in [0.25, 0.3) is 0 Å². The number of piperidine rings is 1. The van der Waals surface area contributed by atoms with Crippen LogP contribution >= 0.6 is 11.3 Å². The lowest BCUT2D eigenvalue weighted by Gasteiger charge is -2.39. The Bertz CT molecular complexity index is 1020. The van der Waals surface area contributed by atoms with Crippen molar-refractivity contribution in [2.75, 3.05) is 6.54 Å². The van der Waals surface area contributed by atoms with Crippen LogP contribution in [0, 0.1) is 11.7 Å². The summed E-state index contributed by atoms with van der Waals surface area (Å²) < 4.78 is 13.9. The summed E-state index contributed by atoms with van der Waals surface area (Å²) in [5, 5.41) is 4.82. The Labute approximate surface area is 185 Å². The van der Waals surface area contributed by atoms with Crippen molar-refractivity contribution in [1.82, 2.24) is 10.2 Å². The molecule has 0 aliphatic carbocycles. The Morgan fingerprint density at radius 2 is 1.77 bits per heavy atom. The molecule has 1 N–H and O–H groups in total. The van der Waals surface area contributed by atoms with Gasteiger partial charge in [-0.3, -0.25) is 9.59 Å². The van der Waals surface area contributed by atoms with Crippen molar-refractivity contribution in [3.63, 3.8) is 0 Å². The molecule has 6 heteroatoms. The van der Waals surface area contributed by atoms with Gasteiger partial charge in [0.2, 0.25) is 11.8 Å². The SMILES string of the molecule is O=C(NCc1ccccc1F)C1CCC(c2ccccc2)N(C(=O)Cc2cccs2)C1. The number of nitrogens with one attached hydrogen (secondary N) is 1. The molecule has 0 spiro atoms. The summed E-state index contributed by atoms with van der Waals surface area (Å²) in [6.45, 7) is 0.514. The molecule has 31 heavy (non-hydrogen) atoms. The van der Waals surface area contributed by atoms with E-state index in [1.54, 1.807) is 29.5 Å². The van der Waals surface area contributed by atoms with Gasteiger partial charge in [-0.05, 0) is 35.9 Å². The molecule has 0 radical (unpaired) electrons. The molecule has 2 aromatic carbocycles. The lowest BCUT2D eigenvalue weighted by Crippen LogP contribution is -2.47. The number of carbonyl (C=O) groups excluding carboxylic acids is 2. The first-order valence-electron chi connectivity index (χ1n) is 10.5. The molecule has 4 nitrogen and oxygen atoms in total. The molecule has 2 heterocycles. The van der Waals surface area contributed by atoms with E-state index < -0.39 is 0 Å². The lowest BCUT2D eigenvalue weighted by molar-refractivity contribution is -0.138. The third-order valence-electron chi connectivity index (χ3n) is 5.77. The van der Waals surface area contributed by atoms with Crippen LogP contribution in [-0.2, 0) is 22.6 Å².